The summed E-state index contributed by atoms with van der Waals surface area (Å²) in [6.07, 6.45) is 2.53. The summed E-state index contributed by atoms with van der Waals surface area (Å²) in [6.45, 7) is 13.1. The minimum atomic E-state index is -1.09. The summed E-state index contributed by atoms with van der Waals surface area (Å²) >= 11 is 0. The molecule has 3 amide bonds. The number of hydrogen-bond donors (Lipinski definition) is 3. The van der Waals surface area contributed by atoms with Crippen molar-refractivity contribution in [2.45, 2.75) is 51.4 Å². The zero-order valence-electron chi connectivity index (χ0n) is 24.4. The van der Waals surface area contributed by atoms with Crippen molar-refractivity contribution < 1.29 is 24.2 Å². The van der Waals surface area contributed by atoms with Crippen molar-refractivity contribution >= 4 is 24.0 Å². The van der Waals surface area contributed by atoms with Gasteiger partial charge in [0.2, 0.25) is 11.8 Å². The molecule has 0 saturated heterocycles. The molecule has 0 spiro atoms. The number of amides is 3. The van der Waals surface area contributed by atoms with Crippen molar-refractivity contribution in [2.24, 2.45) is 0 Å². The van der Waals surface area contributed by atoms with Gasteiger partial charge in [-0.2, -0.15) is 0 Å². The van der Waals surface area contributed by atoms with Crippen LogP contribution in [0.1, 0.15) is 49.1 Å². The van der Waals surface area contributed by atoms with Crippen LogP contribution in [0.5, 0.6) is 5.75 Å². The maximum Gasteiger partial charge on any atom is 0.408 e. The second-order valence-electron chi connectivity index (χ2n) is 10.8. The number of rotatable bonds is 12. The van der Waals surface area contributed by atoms with E-state index < -0.39 is 35.6 Å². The van der Waals surface area contributed by atoms with E-state index in [4.69, 9.17) is 4.74 Å². The summed E-state index contributed by atoms with van der Waals surface area (Å²) in [5.74, 6) is -0.819. The number of carbonyl (C=O) groups excluding carboxylic acids is 3. The summed E-state index contributed by atoms with van der Waals surface area (Å²) in [7, 11) is 0. The molecular weight excluding hydrogens is 530 g/mol. The van der Waals surface area contributed by atoms with Crippen molar-refractivity contribution in [1.82, 2.24) is 15.5 Å². The zero-order chi connectivity index (χ0) is 30.7. The standard InChI is InChI=1S/C34H39N3O5/c1-6-20-37(32(40)29(36-33(41)42-34(3,4)5)22-25-16-18-28(38)19-17-25)30(27-15-11-14-24(7-2)21-27)31(39)35-23-26-12-9-8-10-13-26/h6-19,21,29-30,38H,1-2,20,22-23H2,3-5H3,(H,35,39)(H,36,41). The molecule has 0 radical (unpaired) electrons. The van der Waals surface area contributed by atoms with Crippen LogP contribution in [-0.4, -0.2) is 46.1 Å². The molecule has 0 aliphatic rings. The minimum absolute atomic E-state index is 0.0304. The molecule has 0 heterocycles. The van der Waals surface area contributed by atoms with Crippen LogP contribution in [0.3, 0.4) is 0 Å². The first-order valence-electron chi connectivity index (χ1n) is 13.7. The molecule has 3 aromatic carbocycles. The van der Waals surface area contributed by atoms with Gasteiger partial charge in [-0.3, -0.25) is 9.59 Å². The van der Waals surface area contributed by atoms with Gasteiger partial charge >= 0.3 is 6.09 Å². The second-order valence-corrected chi connectivity index (χ2v) is 10.8. The topological polar surface area (TPSA) is 108 Å². The van der Waals surface area contributed by atoms with Crippen LogP contribution in [0.25, 0.3) is 6.08 Å². The lowest BCUT2D eigenvalue weighted by Gasteiger charge is -2.34. The van der Waals surface area contributed by atoms with E-state index in [0.717, 1.165) is 11.1 Å². The molecule has 8 heteroatoms. The van der Waals surface area contributed by atoms with E-state index in [-0.39, 0.29) is 25.3 Å². The second kappa shape index (κ2) is 14.7. The van der Waals surface area contributed by atoms with Crippen molar-refractivity contribution in [3.63, 3.8) is 0 Å². The number of aromatic hydroxyl groups is 1. The highest BCUT2D eigenvalue weighted by molar-refractivity contribution is 5.92. The number of ether oxygens (including phenoxy) is 1. The van der Waals surface area contributed by atoms with E-state index in [1.165, 1.54) is 23.1 Å². The van der Waals surface area contributed by atoms with Crippen LogP contribution >= 0.6 is 0 Å². The molecule has 220 valence electrons. The average Bonchev–Trinajstić information content (AvgIpc) is 2.96. The third kappa shape index (κ3) is 9.37. The van der Waals surface area contributed by atoms with Gasteiger partial charge in [0.05, 0.1) is 0 Å². The van der Waals surface area contributed by atoms with Crippen LogP contribution in [0.15, 0.2) is 98.1 Å². The Morgan fingerprint density at radius 1 is 0.952 bits per heavy atom. The molecule has 0 aliphatic heterocycles. The largest absolute Gasteiger partial charge is 0.508 e. The highest BCUT2D eigenvalue weighted by Gasteiger charge is 2.36. The predicted molar refractivity (Wildman–Crippen MR) is 164 cm³/mol. The number of carbonyl (C=O) groups is 3. The number of nitrogens with one attached hydrogen (secondary N) is 2. The van der Waals surface area contributed by atoms with Crippen molar-refractivity contribution in [3.8, 4) is 5.75 Å². The summed E-state index contributed by atoms with van der Waals surface area (Å²) in [4.78, 5) is 42.4. The van der Waals surface area contributed by atoms with Crippen LogP contribution < -0.4 is 10.6 Å². The number of phenols is 1. The Bertz CT molecular complexity index is 1380. The fourth-order valence-corrected chi connectivity index (χ4v) is 4.39. The van der Waals surface area contributed by atoms with Gasteiger partial charge in [-0.1, -0.05) is 79.4 Å². The first-order valence-corrected chi connectivity index (χ1v) is 13.7. The molecule has 42 heavy (non-hydrogen) atoms. The molecule has 0 aromatic heterocycles. The molecule has 3 rings (SSSR count). The normalized spacial score (nSPS) is 12.4. The predicted octanol–water partition coefficient (Wildman–Crippen LogP) is 5.54. The summed E-state index contributed by atoms with van der Waals surface area (Å²) < 4.78 is 5.45. The lowest BCUT2D eigenvalue weighted by molar-refractivity contribution is -0.141. The third-order valence-corrected chi connectivity index (χ3v) is 6.31. The minimum Gasteiger partial charge on any atom is -0.508 e. The van der Waals surface area contributed by atoms with E-state index >= 15 is 0 Å². The van der Waals surface area contributed by atoms with Gasteiger partial charge in [-0.05, 0) is 61.2 Å². The Balaban J connectivity index is 2.02. The van der Waals surface area contributed by atoms with Crippen LogP contribution in [0.4, 0.5) is 4.79 Å². The Morgan fingerprint density at radius 3 is 2.26 bits per heavy atom. The highest BCUT2D eigenvalue weighted by atomic mass is 16.6. The van der Waals surface area contributed by atoms with Crippen molar-refractivity contribution in [1.29, 1.82) is 0 Å². The van der Waals surface area contributed by atoms with Gasteiger partial charge < -0.3 is 25.4 Å². The van der Waals surface area contributed by atoms with Gasteiger partial charge in [0.1, 0.15) is 23.4 Å². The van der Waals surface area contributed by atoms with E-state index in [1.54, 1.807) is 57.2 Å². The van der Waals surface area contributed by atoms with Crippen LogP contribution in [0, 0.1) is 0 Å². The summed E-state index contributed by atoms with van der Waals surface area (Å²) in [5, 5.41) is 15.4. The fourth-order valence-electron chi connectivity index (χ4n) is 4.39. The number of phenolic OH excluding ortho intramolecular Hbond substituents is 1. The Labute approximate surface area is 247 Å². The van der Waals surface area contributed by atoms with Crippen molar-refractivity contribution in [2.75, 3.05) is 6.54 Å². The van der Waals surface area contributed by atoms with E-state index in [2.05, 4.69) is 23.8 Å². The van der Waals surface area contributed by atoms with E-state index in [0.29, 0.717) is 11.1 Å². The maximum absolute atomic E-state index is 14.3. The molecule has 3 N–H and O–H groups in total. The van der Waals surface area contributed by atoms with Crippen LogP contribution in [0.2, 0.25) is 0 Å². The molecule has 0 aliphatic carbocycles. The number of nitrogens with zero attached hydrogens (tertiary/aromatic N) is 1. The van der Waals surface area contributed by atoms with Gasteiger partial charge in [0.25, 0.3) is 0 Å². The molecular formula is C34H39N3O5. The SMILES string of the molecule is C=CCN(C(=O)C(Cc1ccc(O)cc1)NC(=O)OC(C)(C)C)C(C(=O)NCc1ccccc1)c1cccc(C=C)c1. The molecule has 0 fully saturated rings. The van der Waals surface area contributed by atoms with Gasteiger partial charge in [0.15, 0.2) is 0 Å². The Kier molecular flexibility index (Phi) is 11.1. The Hall–Kier alpha value is -4.85. The van der Waals surface area contributed by atoms with E-state index in [9.17, 15) is 19.5 Å². The quantitative estimate of drug-likeness (QED) is 0.248. The third-order valence-electron chi connectivity index (χ3n) is 6.31. The van der Waals surface area contributed by atoms with Crippen molar-refractivity contribution in [3.05, 3.63) is 120 Å². The summed E-state index contributed by atoms with van der Waals surface area (Å²) in [5.41, 5.74) is 2.17. The molecule has 2 unspecified atom stereocenters. The monoisotopic (exact) mass is 569 g/mol. The first kappa shape index (κ1) is 31.7. The lowest BCUT2D eigenvalue weighted by atomic mass is 9.98. The van der Waals surface area contributed by atoms with E-state index in [1.807, 2.05) is 36.4 Å². The van der Waals surface area contributed by atoms with Gasteiger partial charge in [0, 0.05) is 19.5 Å². The maximum atomic E-state index is 14.3. The lowest BCUT2D eigenvalue weighted by Crippen LogP contribution is -2.53. The van der Waals surface area contributed by atoms with Gasteiger partial charge in [-0.15, -0.1) is 6.58 Å². The van der Waals surface area contributed by atoms with Crippen LogP contribution in [-0.2, 0) is 27.3 Å². The molecule has 3 aromatic rings. The smallest absolute Gasteiger partial charge is 0.408 e. The first-order chi connectivity index (χ1) is 20.0. The molecule has 0 bridgehead atoms. The number of hydrogen-bond acceptors (Lipinski definition) is 5. The molecule has 8 nitrogen and oxygen atoms in total. The fraction of sp³-hybridized carbons (Fsp3) is 0.265. The van der Waals surface area contributed by atoms with Gasteiger partial charge in [-0.25, -0.2) is 4.79 Å². The molecule has 2 atom stereocenters. The zero-order valence-corrected chi connectivity index (χ0v) is 24.4. The summed E-state index contributed by atoms with van der Waals surface area (Å²) in [6, 6.07) is 20.9. The number of benzene rings is 3. The molecule has 0 saturated carbocycles. The highest BCUT2D eigenvalue weighted by Crippen LogP contribution is 2.25. The Morgan fingerprint density at radius 2 is 1.64 bits per heavy atom. The average molecular weight is 570 g/mol. The number of alkyl carbamates (subject to hydrolysis) is 1.